The Morgan fingerprint density at radius 2 is 1.80 bits per heavy atom. The normalized spacial score (nSPS) is 51.7. The summed E-state index contributed by atoms with van der Waals surface area (Å²) < 4.78 is 0. The second-order valence-electron chi connectivity index (χ2n) is 5.84. The van der Waals surface area contributed by atoms with E-state index < -0.39 is 16.9 Å². The van der Waals surface area contributed by atoms with Crippen molar-refractivity contribution in [3.05, 3.63) is 4.91 Å². The average molecular weight is 208 g/mol. The monoisotopic (exact) mass is 208 g/mol. The Hall–Kier alpha value is -0.930. The van der Waals surface area contributed by atoms with Crippen molar-refractivity contribution in [2.75, 3.05) is 0 Å². The van der Waals surface area contributed by atoms with Gasteiger partial charge in [-0.1, -0.05) is 5.18 Å². The Morgan fingerprint density at radius 3 is 2.27 bits per heavy atom. The first-order chi connectivity index (χ1) is 7.07. The number of hydrogen-bond donors (Lipinski definition) is 0. The maximum Gasteiger partial charge on any atom is 0.104 e. The third-order valence-electron chi connectivity index (χ3n) is 4.66. The van der Waals surface area contributed by atoms with Crippen LogP contribution in [0.2, 0.25) is 0 Å². The van der Waals surface area contributed by atoms with Gasteiger partial charge in [-0.05, 0) is 50.4 Å². The lowest BCUT2D eigenvalue weighted by atomic mass is 9.47. The summed E-state index contributed by atoms with van der Waals surface area (Å²) in [4.78, 5) is 22.2. The summed E-state index contributed by atoms with van der Waals surface area (Å²) in [5.74, 6) is -0.173. The van der Waals surface area contributed by atoms with Crippen LogP contribution in [0.1, 0.15) is 38.5 Å². The molecule has 0 aromatic heterocycles. The van der Waals surface area contributed by atoms with E-state index in [1.165, 1.54) is 0 Å². The lowest BCUT2D eigenvalue weighted by molar-refractivity contribution is -0.327. The number of carboxylic acid groups (broad SMARTS) is 1. The Bertz CT molecular complexity index is 325. The molecule has 2 unspecified atom stereocenters. The van der Waals surface area contributed by atoms with Crippen LogP contribution in [0, 0.1) is 22.2 Å². The quantitative estimate of drug-likeness (QED) is 0.631. The van der Waals surface area contributed by atoms with Crippen LogP contribution in [0.3, 0.4) is 0 Å². The number of carbonyl (C=O) groups excluding carboxylic acids is 1. The van der Waals surface area contributed by atoms with Crippen LogP contribution >= 0.6 is 0 Å². The summed E-state index contributed by atoms with van der Waals surface area (Å²) in [6, 6.07) is 0. The van der Waals surface area contributed by atoms with Gasteiger partial charge in [0.05, 0.1) is 0 Å². The lowest BCUT2D eigenvalue weighted by Gasteiger charge is -2.59. The molecule has 0 N–H and O–H groups in total. The maximum atomic E-state index is 11.3. The molecule has 4 fully saturated rings. The first-order valence-electron chi connectivity index (χ1n) is 5.64. The third kappa shape index (κ3) is 1.11. The summed E-state index contributed by atoms with van der Waals surface area (Å²) in [7, 11) is 0. The Kier molecular flexibility index (Phi) is 1.61. The van der Waals surface area contributed by atoms with Crippen molar-refractivity contribution in [2.24, 2.45) is 22.4 Å². The van der Waals surface area contributed by atoms with Gasteiger partial charge in [-0.15, -0.1) is 0 Å². The number of nitrogens with zero attached hydrogens (tertiary/aromatic N) is 1. The molecule has 0 amide bonds. The highest BCUT2D eigenvalue weighted by molar-refractivity contribution is 5.73. The molecule has 4 aliphatic carbocycles. The standard InChI is InChI=1S/C11H15NO3/c13-9(14)10-2-7-1-8(3-10)5-11(4-7,6-10)12-15/h7-8H,1-6H2,(H,13,14)/p-1/t7-,8+,10?,11?. The van der Waals surface area contributed by atoms with Crippen molar-refractivity contribution in [3.8, 4) is 0 Å². The first kappa shape index (κ1) is 9.31. The molecule has 4 aliphatic rings. The highest BCUT2D eigenvalue weighted by Gasteiger charge is 2.59. The molecule has 4 atom stereocenters. The van der Waals surface area contributed by atoms with E-state index in [1.807, 2.05) is 0 Å². The molecule has 4 bridgehead atoms. The number of hydrogen-bond acceptors (Lipinski definition) is 4. The van der Waals surface area contributed by atoms with Crippen LogP contribution in [0.25, 0.3) is 0 Å². The number of nitroso groups, excluding NO2 is 1. The average Bonchev–Trinajstić information content (AvgIpc) is 2.15. The lowest BCUT2D eigenvalue weighted by Crippen LogP contribution is -2.60. The van der Waals surface area contributed by atoms with E-state index in [0.717, 1.165) is 19.3 Å². The summed E-state index contributed by atoms with van der Waals surface area (Å²) in [5, 5.41) is 14.5. The molecule has 0 spiro atoms. The zero-order valence-corrected chi connectivity index (χ0v) is 8.57. The molecule has 82 valence electrons. The van der Waals surface area contributed by atoms with Gasteiger partial charge in [-0.25, -0.2) is 0 Å². The molecule has 0 aromatic rings. The molecular formula is C11H14NO3-. The van der Waals surface area contributed by atoms with Crippen molar-refractivity contribution < 1.29 is 9.90 Å². The molecule has 4 heteroatoms. The zero-order valence-electron chi connectivity index (χ0n) is 8.57. The molecule has 0 aliphatic heterocycles. The van der Waals surface area contributed by atoms with Crippen LogP contribution in [-0.4, -0.2) is 11.5 Å². The highest BCUT2D eigenvalue weighted by Crippen LogP contribution is 2.62. The van der Waals surface area contributed by atoms with Gasteiger partial charge in [0.25, 0.3) is 0 Å². The Balaban J connectivity index is 2.02. The van der Waals surface area contributed by atoms with E-state index in [1.54, 1.807) is 0 Å². The minimum atomic E-state index is -0.954. The fraction of sp³-hybridized carbons (Fsp3) is 0.909. The van der Waals surface area contributed by atoms with Gasteiger partial charge in [-0.3, -0.25) is 0 Å². The van der Waals surface area contributed by atoms with E-state index in [9.17, 15) is 14.8 Å². The van der Waals surface area contributed by atoms with Crippen LogP contribution in [0.4, 0.5) is 0 Å². The fourth-order valence-corrected chi connectivity index (χ4v) is 4.56. The second kappa shape index (κ2) is 2.60. The highest BCUT2D eigenvalue weighted by atomic mass is 16.4. The van der Waals surface area contributed by atoms with Gasteiger partial charge in [0.2, 0.25) is 0 Å². The number of carbonyl (C=O) groups is 1. The minimum Gasteiger partial charge on any atom is -0.550 e. The first-order valence-corrected chi connectivity index (χ1v) is 5.64. The van der Waals surface area contributed by atoms with E-state index in [0.29, 0.717) is 31.1 Å². The van der Waals surface area contributed by atoms with Crippen LogP contribution < -0.4 is 5.11 Å². The minimum absolute atomic E-state index is 0.391. The smallest absolute Gasteiger partial charge is 0.104 e. The van der Waals surface area contributed by atoms with E-state index in [2.05, 4.69) is 5.18 Å². The molecule has 0 saturated heterocycles. The summed E-state index contributed by atoms with van der Waals surface area (Å²) in [6.07, 6.45) is 4.56. The molecule has 0 aromatic carbocycles. The maximum absolute atomic E-state index is 11.3. The Labute approximate surface area is 88.0 Å². The largest absolute Gasteiger partial charge is 0.550 e. The van der Waals surface area contributed by atoms with Crippen molar-refractivity contribution in [1.29, 1.82) is 0 Å². The number of rotatable bonds is 2. The molecular weight excluding hydrogens is 194 g/mol. The van der Waals surface area contributed by atoms with E-state index in [4.69, 9.17) is 0 Å². The van der Waals surface area contributed by atoms with Crippen LogP contribution in [-0.2, 0) is 4.79 Å². The van der Waals surface area contributed by atoms with Gasteiger partial charge < -0.3 is 9.90 Å². The predicted octanol–water partition coefficient (Wildman–Crippen LogP) is 0.842. The van der Waals surface area contributed by atoms with Gasteiger partial charge in [0.15, 0.2) is 0 Å². The zero-order chi connectivity index (χ0) is 10.7. The molecule has 4 rings (SSSR count). The summed E-state index contributed by atoms with van der Waals surface area (Å²) in [5.41, 5.74) is -1.29. The van der Waals surface area contributed by atoms with Gasteiger partial charge in [-0.2, -0.15) is 4.91 Å². The summed E-state index contributed by atoms with van der Waals surface area (Å²) in [6.45, 7) is 0. The van der Waals surface area contributed by atoms with Crippen LogP contribution in [0.5, 0.6) is 0 Å². The van der Waals surface area contributed by atoms with E-state index >= 15 is 0 Å². The predicted molar refractivity (Wildman–Crippen MR) is 50.6 cm³/mol. The molecule has 0 heterocycles. The van der Waals surface area contributed by atoms with Crippen molar-refractivity contribution >= 4 is 5.97 Å². The summed E-state index contributed by atoms with van der Waals surface area (Å²) >= 11 is 0. The molecule has 4 saturated carbocycles. The molecule has 15 heavy (non-hydrogen) atoms. The fourth-order valence-electron chi connectivity index (χ4n) is 4.56. The van der Waals surface area contributed by atoms with E-state index in [-0.39, 0.29) is 0 Å². The SMILES string of the molecule is O=NC12C[C@H]3C[C@@H](C1)CC(C(=O)[O-])(C3)C2. The van der Waals surface area contributed by atoms with Gasteiger partial charge >= 0.3 is 0 Å². The Morgan fingerprint density at radius 1 is 1.20 bits per heavy atom. The van der Waals surface area contributed by atoms with Crippen molar-refractivity contribution in [3.63, 3.8) is 0 Å². The molecule has 0 radical (unpaired) electrons. The molecule has 4 nitrogen and oxygen atoms in total. The number of aliphatic carboxylic acids is 1. The number of carboxylic acids is 1. The van der Waals surface area contributed by atoms with Crippen molar-refractivity contribution in [2.45, 2.75) is 44.1 Å². The van der Waals surface area contributed by atoms with Gasteiger partial charge in [0, 0.05) is 11.4 Å². The topological polar surface area (TPSA) is 69.6 Å². The van der Waals surface area contributed by atoms with Crippen molar-refractivity contribution in [1.82, 2.24) is 0 Å². The van der Waals surface area contributed by atoms with Crippen LogP contribution in [0.15, 0.2) is 5.18 Å². The third-order valence-corrected chi connectivity index (χ3v) is 4.66. The van der Waals surface area contributed by atoms with Gasteiger partial charge in [0.1, 0.15) is 5.54 Å². The second-order valence-corrected chi connectivity index (χ2v) is 5.84.